The fourth-order valence-corrected chi connectivity index (χ4v) is 5.11. The molecule has 0 saturated carbocycles. The van der Waals surface area contributed by atoms with Crippen LogP contribution in [-0.4, -0.2) is 27.9 Å². The maximum Gasteiger partial charge on any atom is 0.113 e. The molecule has 152 valence electrons. The van der Waals surface area contributed by atoms with Crippen molar-refractivity contribution in [3.63, 3.8) is 0 Å². The minimum absolute atomic E-state index is 0.283. The highest BCUT2D eigenvalue weighted by Crippen LogP contribution is 2.41. The summed E-state index contributed by atoms with van der Waals surface area (Å²) >= 11 is 0. The first-order valence-electron chi connectivity index (χ1n) is 10.9. The van der Waals surface area contributed by atoms with Crippen LogP contribution >= 0.6 is 0 Å². The van der Waals surface area contributed by atoms with E-state index in [1.54, 1.807) is 0 Å². The summed E-state index contributed by atoms with van der Waals surface area (Å²) in [7, 11) is 0. The van der Waals surface area contributed by atoms with Gasteiger partial charge in [0.25, 0.3) is 0 Å². The van der Waals surface area contributed by atoms with Gasteiger partial charge >= 0.3 is 0 Å². The Morgan fingerprint density at radius 2 is 2.03 bits per heavy atom. The van der Waals surface area contributed by atoms with Crippen molar-refractivity contribution >= 4 is 6.08 Å². The molecule has 1 saturated heterocycles. The van der Waals surface area contributed by atoms with E-state index in [1.807, 2.05) is 24.4 Å². The minimum atomic E-state index is 0.283. The Balaban J connectivity index is 1.26. The van der Waals surface area contributed by atoms with Crippen LogP contribution in [0.3, 0.4) is 0 Å². The summed E-state index contributed by atoms with van der Waals surface area (Å²) in [4.78, 5) is 4.76. The van der Waals surface area contributed by atoms with Crippen molar-refractivity contribution in [3.8, 4) is 11.3 Å². The number of pyridine rings is 1. The lowest BCUT2D eigenvalue weighted by atomic mass is 9.82. The summed E-state index contributed by atoms with van der Waals surface area (Å²) in [5, 5.41) is 8.46. The lowest BCUT2D eigenvalue weighted by Crippen LogP contribution is -2.25. The van der Waals surface area contributed by atoms with E-state index in [9.17, 15) is 0 Å². The van der Waals surface area contributed by atoms with Crippen molar-refractivity contribution in [2.24, 2.45) is 0 Å². The molecule has 30 heavy (non-hydrogen) atoms. The molecule has 1 spiro atoms. The zero-order chi connectivity index (χ0) is 20.0. The first kappa shape index (κ1) is 17.9. The first-order chi connectivity index (χ1) is 14.8. The van der Waals surface area contributed by atoms with Gasteiger partial charge in [-0.25, -0.2) is 0 Å². The molecule has 1 aliphatic carbocycles. The van der Waals surface area contributed by atoms with E-state index in [1.165, 1.54) is 24.1 Å². The molecule has 5 heteroatoms. The summed E-state index contributed by atoms with van der Waals surface area (Å²) < 4.78 is 8.31. The molecule has 4 heterocycles. The molecular formula is C25H26N4O. The van der Waals surface area contributed by atoms with Gasteiger partial charge in [-0.15, -0.1) is 0 Å². The first-order valence-corrected chi connectivity index (χ1v) is 10.9. The van der Waals surface area contributed by atoms with Gasteiger partial charge < -0.3 is 10.1 Å². The molecule has 5 nitrogen and oxygen atoms in total. The second kappa shape index (κ2) is 7.10. The van der Waals surface area contributed by atoms with E-state index in [4.69, 9.17) is 14.8 Å². The number of aryl methyl sites for hydroxylation is 2. The van der Waals surface area contributed by atoms with Gasteiger partial charge in [-0.1, -0.05) is 30.3 Å². The molecular weight excluding hydrogens is 372 g/mol. The molecule has 1 aromatic carbocycles. The molecule has 3 aromatic rings. The Morgan fingerprint density at radius 1 is 1.10 bits per heavy atom. The van der Waals surface area contributed by atoms with Crippen LogP contribution < -0.4 is 5.32 Å². The average molecular weight is 399 g/mol. The molecule has 1 atom stereocenters. The van der Waals surface area contributed by atoms with Gasteiger partial charge in [0.1, 0.15) is 6.61 Å². The number of hydrogen-bond donors (Lipinski definition) is 1. The van der Waals surface area contributed by atoms with E-state index in [2.05, 4.69) is 40.3 Å². The van der Waals surface area contributed by atoms with Crippen molar-refractivity contribution in [1.82, 2.24) is 20.1 Å². The molecule has 2 aliphatic heterocycles. The fourth-order valence-electron chi connectivity index (χ4n) is 5.11. The fraction of sp³-hybridized carbons (Fsp3) is 0.360. The monoisotopic (exact) mass is 398 g/mol. The van der Waals surface area contributed by atoms with Crippen LogP contribution in [0.25, 0.3) is 17.3 Å². The Labute approximate surface area is 176 Å². The van der Waals surface area contributed by atoms with Gasteiger partial charge in [0.15, 0.2) is 0 Å². The standard InChI is InChI=1S/C25H26N4O/c1-2-4-18(5-3-1)16-30-21-6-7-22-19(13-21)12-20(15-27-22)23-14-24-25(8-10-26-17-25)9-11-29(24)28-23/h1-5,12-15,26H,6-11,16-17H2. The van der Waals surface area contributed by atoms with Crippen molar-refractivity contribution in [3.05, 3.63) is 76.9 Å². The highest BCUT2D eigenvalue weighted by Gasteiger charge is 2.42. The number of nitrogens with zero attached hydrogens (tertiary/aromatic N) is 3. The maximum atomic E-state index is 6.09. The lowest BCUT2D eigenvalue weighted by Gasteiger charge is -2.20. The normalized spacial score (nSPS) is 22.1. The number of rotatable bonds is 4. The summed E-state index contributed by atoms with van der Waals surface area (Å²) in [6, 6.07) is 14.8. The number of allylic oxidation sites excluding steroid dienone is 1. The van der Waals surface area contributed by atoms with E-state index in [0.29, 0.717) is 6.61 Å². The van der Waals surface area contributed by atoms with Crippen molar-refractivity contribution in [2.75, 3.05) is 13.1 Å². The zero-order valence-electron chi connectivity index (χ0n) is 17.1. The third-order valence-corrected chi connectivity index (χ3v) is 6.86. The summed E-state index contributed by atoms with van der Waals surface area (Å²) in [6.45, 7) is 3.81. The number of aromatic nitrogens is 3. The Hall–Kier alpha value is -2.92. The molecule has 0 amide bonds. The second-order valence-corrected chi connectivity index (χ2v) is 8.74. The maximum absolute atomic E-state index is 6.09. The highest BCUT2D eigenvalue weighted by molar-refractivity contribution is 5.67. The van der Waals surface area contributed by atoms with E-state index in [-0.39, 0.29) is 5.41 Å². The third kappa shape index (κ3) is 3.05. The van der Waals surface area contributed by atoms with Crippen LogP contribution in [0.4, 0.5) is 0 Å². The van der Waals surface area contributed by atoms with Gasteiger partial charge in [0.2, 0.25) is 0 Å². The SMILES string of the molecule is C1=C(OCc2ccccc2)CCc2ncc(-c3cc4n(n3)CCC43CCNC3)cc21. The smallest absolute Gasteiger partial charge is 0.113 e. The molecule has 3 aliphatic rings. The molecule has 0 bridgehead atoms. The van der Waals surface area contributed by atoms with Crippen LogP contribution in [0.1, 0.15) is 41.8 Å². The Morgan fingerprint density at radius 3 is 2.90 bits per heavy atom. The van der Waals surface area contributed by atoms with Gasteiger partial charge in [-0.2, -0.15) is 5.10 Å². The van der Waals surface area contributed by atoms with Gasteiger partial charge in [0.05, 0.1) is 11.5 Å². The minimum Gasteiger partial charge on any atom is -0.493 e. The summed E-state index contributed by atoms with van der Waals surface area (Å²) in [6.07, 6.45) is 8.39. The van der Waals surface area contributed by atoms with Crippen LogP contribution in [0.5, 0.6) is 0 Å². The largest absolute Gasteiger partial charge is 0.493 e. The van der Waals surface area contributed by atoms with E-state index < -0.39 is 0 Å². The number of ether oxygens (including phenoxy) is 1. The van der Waals surface area contributed by atoms with Gasteiger partial charge in [-0.05, 0) is 55.1 Å². The molecule has 1 N–H and O–H groups in total. The third-order valence-electron chi connectivity index (χ3n) is 6.86. The molecule has 1 fully saturated rings. The molecule has 6 rings (SSSR count). The average Bonchev–Trinajstić information content (AvgIpc) is 3.51. The van der Waals surface area contributed by atoms with Crippen LogP contribution in [0, 0.1) is 0 Å². The predicted octanol–water partition coefficient (Wildman–Crippen LogP) is 4.08. The highest BCUT2D eigenvalue weighted by atomic mass is 16.5. The number of benzene rings is 1. The Kier molecular flexibility index (Phi) is 4.23. The van der Waals surface area contributed by atoms with Gasteiger partial charge in [0, 0.05) is 48.1 Å². The van der Waals surface area contributed by atoms with Crippen molar-refractivity contribution in [2.45, 2.75) is 44.2 Å². The van der Waals surface area contributed by atoms with Crippen molar-refractivity contribution in [1.29, 1.82) is 0 Å². The van der Waals surface area contributed by atoms with Gasteiger partial charge in [-0.3, -0.25) is 9.67 Å². The number of fused-ring (bicyclic) bond motifs is 3. The van der Waals surface area contributed by atoms with Crippen LogP contribution in [-0.2, 0) is 29.7 Å². The van der Waals surface area contributed by atoms with Crippen LogP contribution in [0.2, 0.25) is 0 Å². The molecule has 0 radical (unpaired) electrons. The molecule has 2 aromatic heterocycles. The number of nitrogens with one attached hydrogen (secondary N) is 1. The molecule has 1 unspecified atom stereocenters. The quantitative estimate of drug-likeness (QED) is 0.719. The zero-order valence-corrected chi connectivity index (χ0v) is 17.1. The Bertz CT molecular complexity index is 1110. The lowest BCUT2D eigenvalue weighted by molar-refractivity contribution is 0.191. The van der Waals surface area contributed by atoms with E-state index >= 15 is 0 Å². The predicted molar refractivity (Wildman–Crippen MR) is 117 cm³/mol. The topological polar surface area (TPSA) is 52.0 Å². The van der Waals surface area contributed by atoms with E-state index in [0.717, 1.165) is 60.7 Å². The number of hydrogen-bond acceptors (Lipinski definition) is 4. The second-order valence-electron chi connectivity index (χ2n) is 8.74. The summed E-state index contributed by atoms with van der Waals surface area (Å²) in [5.41, 5.74) is 7.31. The van der Waals surface area contributed by atoms with Crippen molar-refractivity contribution < 1.29 is 4.74 Å². The van der Waals surface area contributed by atoms with Crippen LogP contribution in [0.15, 0.2) is 54.4 Å². The summed E-state index contributed by atoms with van der Waals surface area (Å²) in [5.74, 6) is 1.04.